The van der Waals surface area contributed by atoms with Gasteiger partial charge in [0.15, 0.2) is 0 Å². The van der Waals surface area contributed by atoms with Crippen LogP contribution in [0.15, 0.2) is 4.99 Å². The van der Waals surface area contributed by atoms with Crippen molar-refractivity contribution >= 4 is 52.7 Å². The van der Waals surface area contributed by atoms with Crippen molar-refractivity contribution < 1.29 is 0 Å². The van der Waals surface area contributed by atoms with Gasteiger partial charge in [-0.25, -0.2) is 0 Å². The van der Waals surface area contributed by atoms with Gasteiger partial charge in [0.05, 0.1) is 6.54 Å². The third-order valence-electron chi connectivity index (χ3n) is 0.901. The molecule has 0 fully saturated rings. The fourth-order valence-corrected chi connectivity index (χ4v) is 2.40. The van der Waals surface area contributed by atoms with Crippen LogP contribution in [0, 0.1) is 0 Å². The van der Waals surface area contributed by atoms with Gasteiger partial charge < -0.3 is 5.73 Å². The molecule has 0 aromatic heterocycles. The summed E-state index contributed by atoms with van der Waals surface area (Å²) in [6.45, 7) is 1.75. The van der Waals surface area contributed by atoms with Gasteiger partial charge >= 0.3 is 0 Å². The van der Waals surface area contributed by atoms with Gasteiger partial charge in [-0.1, -0.05) is 23.5 Å². The van der Waals surface area contributed by atoms with Crippen LogP contribution >= 0.6 is 48.3 Å². The number of nitrogens with two attached hydrogens (primary N) is 1. The first-order chi connectivity index (χ1) is 4.43. The lowest BCUT2D eigenvalue weighted by Gasteiger charge is -1.94. The Bertz CT molecular complexity index is 121. The Labute approximate surface area is 88.0 Å². The topological polar surface area (TPSA) is 38.4 Å². The number of aliphatic imine (C=N–C) groups is 1. The molecule has 1 heterocycles. The van der Waals surface area contributed by atoms with Crippen molar-refractivity contribution in [2.24, 2.45) is 10.7 Å². The van der Waals surface area contributed by atoms with Crippen molar-refractivity contribution in [1.29, 1.82) is 0 Å². The lowest BCUT2D eigenvalue weighted by Crippen LogP contribution is -2.02. The molecule has 1 aliphatic rings. The smallest absolute Gasteiger partial charge is 0.124 e. The summed E-state index contributed by atoms with van der Waals surface area (Å²) in [4.78, 5) is 4.26. The molecule has 0 aromatic rings. The van der Waals surface area contributed by atoms with E-state index in [1.807, 2.05) is 11.8 Å². The molecule has 0 aromatic carbocycles. The molecule has 68 valence electrons. The van der Waals surface area contributed by atoms with Crippen LogP contribution in [0.3, 0.4) is 0 Å². The van der Waals surface area contributed by atoms with E-state index in [4.69, 9.17) is 5.73 Å². The highest BCUT2D eigenvalue weighted by Gasteiger charge is 2.05. The van der Waals surface area contributed by atoms with E-state index in [1.165, 1.54) is 4.38 Å². The van der Waals surface area contributed by atoms with Crippen LogP contribution in [0.1, 0.15) is 0 Å². The number of hydrogen-bond donors (Lipinski definition) is 1. The summed E-state index contributed by atoms with van der Waals surface area (Å²) in [5.41, 5.74) is 5.32. The van der Waals surface area contributed by atoms with Crippen molar-refractivity contribution in [1.82, 2.24) is 0 Å². The summed E-state index contributed by atoms with van der Waals surface area (Å²) in [6.07, 6.45) is 0. The van der Waals surface area contributed by atoms with Crippen molar-refractivity contribution in [3.63, 3.8) is 0 Å². The molecule has 6 heteroatoms. The van der Waals surface area contributed by atoms with Gasteiger partial charge in [0, 0.05) is 18.1 Å². The highest BCUT2D eigenvalue weighted by molar-refractivity contribution is 8.39. The van der Waals surface area contributed by atoms with Gasteiger partial charge in [-0.3, -0.25) is 4.99 Å². The number of thioether (sulfide) groups is 2. The standard InChI is InChI=1S/C5H10N2S2.2ClH/c6-1-3-8-5-7-2-4-9-5;;/h1-4,6H2;2*1H. The number of nitrogens with zero attached hydrogens (tertiary/aromatic N) is 1. The summed E-state index contributed by atoms with van der Waals surface area (Å²) >= 11 is 3.61. The quantitative estimate of drug-likeness (QED) is 0.790. The first kappa shape index (κ1) is 14.4. The van der Waals surface area contributed by atoms with Gasteiger partial charge in [0.25, 0.3) is 0 Å². The average Bonchev–Trinajstić information content (AvgIpc) is 2.34. The highest BCUT2D eigenvalue weighted by Crippen LogP contribution is 2.20. The molecule has 0 saturated heterocycles. The molecule has 0 saturated carbocycles. The molecule has 0 bridgehead atoms. The van der Waals surface area contributed by atoms with Gasteiger partial charge in [-0.2, -0.15) is 0 Å². The van der Waals surface area contributed by atoms with Crippen LogP contribution in [0.5, 0.6) is 0 Å². The van der Waals surface area contributed by atoms with Crippen LogP contribution < -0.4 is 5.73 Å². The van der Waals surface area contributed by atoms with Crippen LogP contribution in [0.4, 0.5) is 0 Å². The van der Waals surface area contributed by atoms with Crippen molar-refractivity contribution in [2.45, 2.75) is 0 Å². The Morgan fingerprint density at radius 2 is 2.27 bits per heavy atom. The molecule has 0 aliphatic carbocycles. The Balaban J connectivity index is 0. The first-order valence-corrected chi connectivity index (χ1v) is 4.90. The maximum atomic E-state index is 5.32. The summed E-state index contributed by atoms with van der Waals surface area (Å²) in [5, 5.41) is 0. The molecular weight excluding hydrogens is 223 g/mol. The lowest BCUT2D eigenvalue weighted by molar-refractivity contribution is 1.15. The molecule has 1 rings (SSSR count). The van der Waals surface area contributed by atoms with E-state index in [9.17, 15) is 0 Å². The molecule has 0 spiro atoms. The Hall–Kier alpha value is 0.910. The third kappa shape index (κ3) is 6.11. The Morgan fingerprint density at radius 3 is 2.73 bits per heavy atom. The minimum Gasteiger partial charge on any atom is -0.330 e. The monoisotopic (exact) mass is 234 g/mol. The summed E-state index contributed by atoms with van der Waals surface area (Å²) < 4.78 is 1.22. The summed E-state index contributed by atoms with van der Waals surface area (Å²) in [6, 6.07) is 0. The fraction of sp³-hybridized carbons (Fsp3) is 0.800. The second-order valence-corrected chi connectivity index (χ2v) is 4.06. The predicted molar refractivity (Wildman–Crippen MR) is 60.8 cm³/mol. The molecule has 2 nitrogen and oxygen atoms in total. The van der Waals surface area contributed by atoms with E-state index in [-0.39, 0.29) is 24.8 Å². The second kappa shape index (κ2) is 9.00. The molecule has 2 N–H and O–H groups in total. The summed E-state index contributed by atoms with van der Waals surface area (Å²) in [5.74, 6) is 2.17. The van der Waals surface area contributed by atoms with E-state index >= 15 is 0 Å². The van der Waals surface area contributed by atoms with E-state index in [2.05, 4.69) is 4.99 Å². The lowest BCUT2D eigenvalue weighted by atomic mass is 10.8. The number of halogens is 2. The molecule has 0 radical (unpaired) electrons. The predicted octanol–water partition coefficient (Wildman–Crippen LogP) is 1.62. The van der Waals surface area contributed by atoms with Gasteiger partial charge in [-0.05, 0) is 0 Å². The van der Waals surface area contributed by atoms with Gasteiger partial charge in [-0.15, -0.1) is 24.8 Å². The molecule has 0 amide bonds. The van der Waals surface area contributed by atoms with E-state index < -0.39 is 0 Å². The number of rotatable bonds is 2. The van der Waals surface area contributed by atoms with Crippen molar-refractivity contribution in [3.05, 3.63) is 0 Å². The molecule has 0 unspecified atom stereocenters. The number of hydrogen-bond acceptors (Lipinski definition) is 4. The molecule has 1 aliphatic heterocycles. The fourth-order valence-electron chi connectivity index (χ4n) is 0.549. The zero-order chi connectivity index (χ0) is 6.53. The van der Waals surface area contributed by atoms with Crippen molar-refractivity contribution in [2.75, 3.05) is 24.6 Å². The van der Waals surface area contributed by atoms with Crippen LogP contribution in [-0.4, -0.2) is 29.0 Å². The Kier molecular flexibility index (Phi) is 11.8. The van der Waals surface area contributed by atoms with Crippen LogP contribution in [0.2, 0.25) is 0 Å². The summed E-state index contributed by atoms with van der Waals surface area (Å²) in [7, 11) is 0. The van der Waals surface area contributed by atoms with Gasteiger partial charge in [0.1, 0.15) is 4.38 Å². The average molecular weight is 235 g/mol. The van der Waals surface area contributed by atoms with E-state index in [1.54, 1.807) is 11.8 Å². The SMILES string of the molecule is Cl.Cl.NCCSC1=NCCS1. The first-order valence-electron chi connectivity index (χ1n) is 2.93. The maximum Gasteiger partial charge on any atom is 0.124 e. The normalized spacial score (nSPS) is 14.8. The second-order valence-electron chi connectivity index (χ2n) is 1.63. The highest BCUT2D eigenvalue weighted by atomic mass is 35.5. The van der Waals surface area contributed by atoms with E-state index in [0.717, 1.165) is 24.6 Å². The van der Waals surface area contributed by atoms with Crippen LogP contribution in [0.25, 0.3) is 0 Å². The minimum atomic E-state index is 0. The van der Waals surface area contributed by atoms with Crippen LogP contribution in [-0.2, 0) is 0 Å². The van der Waals surface area contributed by atoms with Gasteiger partial charge in [0.2, 0.25) is 0 Å². The molecule has 0 atom stereocenters. The van der Waals surface area contributed by atoms with E-state index in [0.29, 0.717) is 0 Å². The maximum absolute atomic E-state index is 5.32. The zero-order valence-electron chi connectivity index (χ0n) is 5.99. The van der Waals surface area contributed by atoms with Crippen molar-refractivity contribution in [3.8, 4) is 0 Å². The minimum absolute atomic E-state index is 0. The molecular formula is C5H12Cl2N2S2. The molecule has 11 heavy (non-hydrogen) atoms. The largest absolute Gasteiger partial charge is 0.330 e. The third-order valence-corrected chi connectivity index (χ3v) is 3.19. The zero-order valence-corrected chi connectivity index (χ0v) is 9.25. The Morgan fingerprint density at radius 1 is 1.55 bits per heavy atom.